The molecule has 0 radical (unpaired) electrons. The van der Waals surface area contributed by atoms with Gasteiger partial charge in [0.15, 0.2) is 5.84 Å². The fourth-order valence-corrected chi connectivity index (χ4v) is 2.81. The molecule has 0 aliphatic rings. The third-order valence-corrected chi connectivity index (χ3v) is 4.43. The number of hydrogen-bond acceptors (Lipinski definition) is 6. The van der Waals surface area contributed by atoms with Crippen LogP contribution >= 0.6 is 0 Å². The number of aliphatic hydroxyl groups is 1. The first-order valence-electron chi connectivity index (χ1n) is 7.64. The smallest absolute Gasteiger partial charge is 0.152 e. The van der Waals surface area contributed by atoms with Crippen molar-refractivity contribution >= 4 is 16.8 Å². The molecule has 0 amide bonds. The molecule has 9 heteroatoms. The second kappa shape index (κ2) is 9.23. The van der Waals surface area contributed by atoms with E-state index < -0.39 is 11.0 Å². The standard InChI is InChI=1S/C16H22N6O2S/c1-12-2-3-13(10-19-12)11-22(18)21-16(17)14-4-6-15(7-5-14)25(24)20-8-9-23/h2-7,10,20,23H,8-9,11,18H2,1H3,(H2,17,21). The van der Waals surface area contributed by atoms with Gasteiger partial charge in [-0.15, -0.1) is 5.10 Å². The predicted octanol–water partition coefficient (Wildman–Crippen LogP) is -0.00928. The molecular formula is C16H22N6O2S. The monoisotopic (exact) mass is 362 g/mol. The average Bonchev–Trinajstić information content (AvgIpc) is 2.61. The number of nitrogens with two attached hydrogens (primary N) is 2. The van der Waals surface area contributed by atoms with E-state index in [1.54, 1.807) is 30.5 Å². The first-order valence-corrected chi connectivity index (χ1v) is 8.79. The Hall–Kier alpha value is -2.33. The van der Waals surface area contributed by atoms with Crippen molar-refractivity contribution in [1.29, 1.82) is 0 Å². The van der Waals surface area contributed by atoms with Gasteiger partial charge in [0, 0.05) is 24.0 Å². The van der Waals surface area contributed by atoms with Crippen molar-refractivity contribution in [3.05, 3.63) is 59.4 Å². The lowest BCUT2D eigenvalue weighted by atomic mass is 10.2. The Labute approximate surface area is 149 Å². The van der Waals surface area contributed by atoms with Crippen LogP contribution in [0.25, 0.3) is 0 Å². The summed E-state index contributed by atoms with van der Waals surface area (Å²) in [5, 5.41) is 14.1. The van der Waals surface area contributed by atoms with Crippen molar-refractivity contribution in [3.63, 3.8) is 0 Å². The van der Waals surface area contributed by atoms with Gasteiger partial charge in [0.2, 0.25) is 0 Å². The maximum Gasteiger partial charge on any atom is 0.152 e. The molecule has 25 heavy (non-hydrogen) atoms. The van der Waals surface area contributed by atoms with Gasteiger partial charge >= 0.3 is 0 Å². The van der Waals surface area contributed by atoms with Crippen molar-refractivity contribution < 1.29 is 9.32 Å². The van der Waals surface area contributed by atoms with E-state index in [2.05, 4.69) is 14.8 Å². The largest absolute Gasteiger partial charge is 0.395 e. The van der Waals surface area contributed by atoms with Crippen molar-refractivity contribution in [2.75, 3.05) is 13.2 Å². The van der Waals surface area contributed by atoms with Gasteiger partial charge in [-0.2, -0.15) is 0 Å². The molecule has 6 N–H and O–H groups in total. The fourth-order valence-electron chi connectivity index (χ4n) is 1.98. The van der Waals surface area contributed by atoms with Crippen LogP contribution < -0.4 is 16.3 Å². The molecule has 0 spiro atoms. The lowest BCUT2D eigenvalue weighted by molar-refractivity contribution is 0.290. The summed E-state index contributed by atoms with van der Waals surface area (Å²) in [5.74, 6) is 6.12. The maximum absolute atomic E-state index is 11.9. The number of aryl methyl sites for hydroxylation is 1. The Morgan fingerprint density at radius 1 is 1.32 bits per heavy atom. The molecule has 0 aliphatic heterocycles. The molecule has 0 fully saturated rings. The number of aromatic nitrogens is 1. The Morgan fingerprint density at radius 2 is 2.04 bits per heavy atom. The molecule has 0 aliphatic carbocycles. The molecule has 0 bridgehead atoms. The highest BCUT2D eigenvalue weighted by molar-refractivity contribution is 7.83. The number of pyridine rings is 1. The first-order chi connectivity index (χ1) is 12.0. The summed E-state index contributed by atoms with van der Waals surface area (Å²) in [6.07, 6.45) is 1.74. The van der Waals surface area contributed by atoms with Crippen molar-refractivity contribution in [2.45, 2.75) is 18.4 Å². The maximum atomic E-state index is 11.9. The minimum Gasteiger partial charge on any atom is -0.395 e. The highest BCUT2D eigenvalue weighted by Crippen LogP contribution is 2.08. The van der Waals surface area contributed by atoms with Gasteiger partial charge in [0.05, 0.1) is 18.0 Å². The number of aliphatic hydroxyl groups excluding tert-OH is 1. The molecule has 134 valence electrons. The summed E-state index contributed by atoms with van der Waals surface area (Å²) in [7, 11) is -1.38. The van der Waals surface area contributed by atoms with Crippen molar-refractivity contribution in [2.24, 2.45) is 16.7 Å². The van der Waals surface area contributed by atoms with Crippen LogP contribution in [-0.4, -0.2) is 38.4 Å². The zero-order chi connectivity index (χ0) is 18.2. The minimum atomic E-state index is -1.38. The van der Waals surface area contributed by atoms with E-state index in [0.717, 1.165) is 11.3 Å². The van der Waals surface area contributed by atoms with E-state index in [9.17, 15) is 4.21 Å². The average molecular weight is 362 g/mol. The molecular weight excluding hydrogens is 340 g/mol. The Balaban J connectivity index is 2.00. The summed E-state index contributed by atoms with van der Waals surface area (Å²) in [6, 6.07) is 10.6. The zero-order valence-electron chi connectivity index (χ0n) is 13.9. The summed E-state index contributed by atoms with van der Waals surface area (Å²) in [4.78, 5) is 4.79. The lowest BCUT2D eigenvalue weighted by Crippen LogP contribution is -2.29. The zero-order valence-corrected chi connectivity index (χ0v) is 14.7. The quantitative estimate of drug-likeness (QED) is 0.226. The Kier molecular flexibility index (Phi) is 7.02. The number of nitrogens with zero attached hydrogens (tertiary/aromatic N) is 3. The highest BCUT2D eigenvalue weighted by Gasteiger charge is 2.06. The second-order valence-corrected chi connectivity index (χ2v) is 6.60. The van der Waals surface area contributed by atoms with Gasteiger partial charge in [-0.3, -0.25) is 4.98 Å². The number of hydrazine groups is 1. The minimum absolute atomic E-state index is 0.0771. The third-order valence-electron chi connectivity index (χ3n) is 3.26. The summed E-state index contributed by atoms with van der Waals surface area (Å²) in [5.41, 5.74) is 8.49. The van der Waals surface area contributed by atoms with Crippen molar-refractivity contribution in [3.8, 4) is 0 Å². The first kappa shape index (κ1) is 19.0. The van der Waals surface area contributed by atoms with E-state index in [0.29, 0.717) is 17.0 Å². The Morgan fingerprint density at radius 3 is 2.64 bits per heavy atom. The SMILES string of the molecule is Cc1ccc(CN(N)/N=C(\N)c2ccc(S(=O)NCCO)cc2)cn1. The molecule has 1 atom stereocenters. The molecule has 1 aromatic heterocycles. The van der Waals surface area contributed by atoms with Crippen LogP contribution in [0.1, 0.15) is 16.8 Å². The van der Waals surface area contributed by atoms with E-state index in [-0.39, 0.29) is 19.0 Å². The fraction of sp³-hybridized carbons (Fsp3) is 0.250. The molecule has 2 aromatic rings. The van der Waals surface area contributed by atoms with Gasteiger partial charge in [-0.25, -0.2) is 19.9 Å². The number of nitrogens with one attached hydrogen (secondary N) is 1. The summed E-state index contributed by atoms with van der Waals surface area (Å²) >= 11 is 0. The van der Waals surface area contributed by atoms with Gasteiger partial charge < -0.3 is 10.8 Å². The number of amidine groups is 1. The van der Waals surface area contributed by atoms with Crippen LogP contribution in [0.3, 0.4) is 0 Å². The summed E-state index contributed by atoms with van der Waals surface area (Å²) < 4.78 is 14.6. The van der Waals surface area contributed by atoms with Crippen LogP contribution in [-0.2, 0) is 17.5 Å². The van der Waals surface area contributed by atoms with Gasteiger partial charge in [0.1, 0.15) is 11.0 Å². The van der Waals surface area contributed by atoms with Gasteiger partial charge in [-0.05, 0) is 42.8 Å². The third kappa shape index (κ3) is 5.91. The van der Waals surface area contributed by atoms with Crippen LogP contribution in [0.15, 0.2) is 52.6 Å². The molecule has 1 unspecified atom stereocenters. The molecule has 0 saturated carbocycles. The van der Waals surface area contributed by atoms with E-state index in [1.165, 1.54) is 5.12 Å². The van der Waals surface area contributed by atoms with E-state index in [1.807, 2.05) is 19.1 Å². The second-order valence-electron chi connectivity index (χ2n) is 5.30. The van der Waals surface area contributed by atoms with Crippen LogP contribution in [0, 0.1) is 6.92 Å². The predicted molar refractivity (Wildman–Crippen MR) is 97.4 cm³/mol. The number of hydrazone groups is 1. The molecule has 1 heterocycles. The van der Waals surface area contributed by atoms with Gasteiger partial charge in [0.25, 0.3) is 0 Å². The van der Waals surface area contributed by atoms with Crippen LogP contribution in [0.2, 0.25) is 0 Å². The summed E-state index contributed by atoms with van der Waals surface area (Å²) in [6.45, 7) is 2.47. The van der Waals surface area contributed by atoms with Crippen LogP contribution in [0.5, 0.6) is 0 Å². The topological polar surface area (TPSA) is 130 Å². The number of benzene rings is 1. The molecule has 0 saturated heterocycles. The number of hydrogen-bond donors (Lipinski definition) is 4. The van der Waals surface area contributed by atoms with E-state index in [4.69, 9.17) is 16.7 Å². The van der Waals surface area contributed by atoms with E-state index >= 15 is 0 Å². The molecule has 8 nitrogen and oxygen atoms in total. The van der Waals surface area contributed by atoms with Gasteiger partial charge in [-0.1, -0.05) is 6.07 Å². The normalized spacial score (nSPS) is 12.8. The molecule has 1 aromatic carbocycles. The lowest BCUT2D eigenvalue weighted by Gasteiger charge is -2.14. The van der Waals surface area contributed by atoms with Crippen molar-refractivity contribution in [1.82, 2.24) is 14.8 Å². The number of rotatable bonds is 8. The molecule has 2 rings (SSSR count). The highest BCUT2D eigenvalue weighted by atomic mass is 32.2. The van der Waals surface area contributed by atoms with Crippen LogP contribution in [0.4, 0.5) is 0 Å². The Bertz CT molecular complexity index is 733.